The van der Waals surface area contributed by atoms with E-state index in [0.717, 1.165) is 0 Å². The van der Waals surface area contributed by atoms with Gasteiger partial charge in [0.25, 0.3) is 0 Å². The van der Waals surface area contributed by atoms with E-state index in [-0.39, 0.29) is 5.75 Å². The fourth-order valence-electron chi connectivity index (χ4n) is 0.780. The zero-order valence-corrected chi connectivity index (χ0v) is 8.52. The van der Waals surface area contributed by atoms with Crippen LogP contribution >= 0.6 is 12.0 Å². The van der Waals surface area contributed by atoms with Crippen molar-refractivity contribution in [3.63, 3.8) is 0 Å². The molecule has 0 aliphatic heterocycles. The van der Waals surface area contributed by atoms with Crippen LogP contribution in [0.3, 0.4) is 0 Å². The molecule has 0 aliphatic rings. The predicted octanol–water partition coefficient (Wildman–Crippen LogP) is 1.79. The van der Waals surface area contributed by atoms with E-state index in [2.05, 4.69) is 3.63 Å². The second-order valence-electron chi connectivity index (χ2n) is 2.39. The van der Waals surface area contributed by atoms with Crippen LogP contribution in [0.4, 0.5) is 4.39 Å². The van der Waals surface area contributed by atoms with Crippen molar-refractivity contribution in [2.75, 3.05) is 0 Å². The van der Waals surface area contributed by atoms with Gasteiger partial charge in [-0.2, -0.15) is 12.0 Å². The summed E-state index contributed by atoms with van der Waals surface area (Å²) in [7, 11) is -4.44. The summed E-state index contributed by atoms with van der Waals surface area (Å²) in [5.41, 5.74) is 0.568. The first-order chi connectivity index (χ1) is 6.47. The van der Waals surface area contributed by atoms with Gasteiger partial charge in [0.2, 0.25) is 0 Å². The Kier molecular flexibility index (Phi) is 3.87. The lowest BCUT2D eigenvalue weighted by atomic mass is 10.2. The third-order valence-corrected chi connectivity index (χ3v) is 2.77. The van der Waals surface area contributed by atoms with Crippen LogP contribution in [0.5, 0.6) is 0 Å². The predicted molar refractivity (Wildman–Crippen MR) is 50.3 cm³/mol. The van der Waals surface area contributed by atoms with Crippen molar-refractivity contribution in [1.29, 1.82) is 0 Å². The topological polar surface area (TPSA) is 63.6 Å². The van der Waals surface area contributed by atoms with E-state index in [9.17, 15) is 12.8 Å². The van der Waals surface area contributed by atoms with E-state index >= 15 is 0 Å². The Morgan fingerprint density at radius 1 is 1.50 bits per heavy atom. The molecule has 0 fully saturated rings. The van der Waals surface area contributed by atoms with Gasteiger partial charge in [-0.25, -0.2) is 4.39 Å². The van der Waals surface area contributed by atoms with Crippen LogP contribution in [0.15, 0.2) is 24.3 Å². The zero-order chi connectivity index (χ0) is 10.6. The lowest BCUT2D eigenvalue weighted by molar-refractivity contribution is 0.407. The first kappa shape index (κ1) is 11.4. The quantitative estimate of drug-likeness (QED) is 0.640. The molecule has 0 spiro atoms. The molecule has 0 saturated heterocycles. The molecule has 14 heavy (non-hydrogen) atoms. The summed E-state index contributed by atoms with van der Waals surface area (Å²) >= 11 is 0.517. The molecule has 0 amide bonds. The van der Waals surface area contributed by atoms with Crippen LogP contribution in [0, 0.1) is 5.82 Å². The fourth-order valence-corrected chi connectivity index (χ4v) is 1.77. The standard InChI is InChI=1S/C7H7FO4S2/c8-7-3-1-2-6(4-7)5-13-12-14(9,10)11/h1-4H,5H2,(H,9,10,11). The number of benzene rings is 1. The summed E-state index contributed by atoms with van der Waals surface area (Å²) in [5.74, 6) is -0.271. The smallest absolute Gasteiger partial charge is 0.263 e. The molecule has 1 N–H and O–H groups in total. The Morgan fingerprint density at radius 2 is 2.21 bits per heavy atom. The molecular weight excluding hydrogens is 231 g/mol. The Labute approximate surface area is 85.2 Å². The first-order valence-corrected chi connectivity index (χ1v) is 5.78. The molecule has 1 aromatic rings. The van der Waals surface area contributed by atoms with Gasteiger partial charge in [0.15, 0.2) is 0 Å². The number of hydrogen-bond donors (Lipinski definition) is 1. The van der Waals surface area contributed by atoms with Gasteiger partial charge in [0.05, 0.1) is 0 Å². The maximum Gasteiger partial charge on any atom is 0.408 e. The molecule has 1 rings (SSSR count). The van der Waals surface area contributed by atoms with Gasteiger partial charge >= 0.3 is 10.4 Å². The molecule has 7 heteroatoms. The fraction of sp³-hybridized carbons (Fsp3) is 0.143. The summed E-state index contributed by atoms with van der Waals surface area (Å²) in [6.07, 6.45) is 0. The zero-order valence-electron chi connectivity index (χ0n) is 6.88. The van der Waals surface area contributed by atoms with Gasteiger partial charge in [-0.05, 0) is 17.7 Å². The second kappa shape index (κ2) is 4.74. The highest BCUT2D eigenvalue weighted by atomic mass is 32.3. The average Bonchev–Trinajstić information content (AvgIpc) is 2.01. The van der Waals surface area contributed by atoms with Gasteiger partial charge in [0, 0.05) is 17.8 Å². The molecule has 0 saturated carbocycles. The van der Waals surface area contributed by atoms with E-state index in [4.69, 9.17) is 4.55 Å². The van der Waals surface area contributed by atoms with Gasteiger partial charge in [0.1, 0.15) is 5.82 Å². The maximum absolute atomic E-state index is 12.6. The van der Waals surface area contributed by atoms with Crippen LogP contribution < -0.4 is 0 Å². The van der Waals surface area contributed by atoms with E-state index < -0.39 is 16.2 Å². The summed E-state index contributed by atoms with van der Waals surface area (Å²) in [4.78, 5) is 0. The summed E-state index contributed by atoms with van der Waals surface area (Å²) in [6, 6.07) is 5.64. The largest absolute Gasteiger partial charge is 0.408 e. The highest BCUT2D eigenvalue weighted by molar-refractivity contribution is 8.02. The first-order valence-electron chi connectivity index (χ1n) is 3.50. The molecule has 4 nitrogen and oxygen atoms in total. The van der Waals surface area contributed by atoms with Crippen molar-refractivity contribution in [3.05, 3.63) is 35.6 Å². The van der Waals surface area contributed by atoms with Crippen molar-refractivity contribution in [2.24, 2.45) is 0 Å². The van der Waals surface area contributed by atoms with E-state index in [1.807, 2.05) is 0 Å². The molecule has 0 aromatic heterocycles. The highest BCUT2D eigenvalue weighted by Gasteiger charge is 2.05. The highest BCUT2D eigenvalue weighted by Crippen LogP contribution is 2.15. The van der Waals surface area contributed by atoms with Gasteiger partial charge in [-0.15, -0.1) is 0 Å². The average molecular weight is 238 g/mol. The van der Waals surface area contributed by atoms with Crippen molar-refractivity contribution in [1.82, 2.24) is 0 Å². The van der Waals surface area contributed by atoms with E-state index in [1.54, 1.807) is 6.07 Å². The van der Waals surface area contributed by atoms with Crippen LogP contribution in [0.25, 0.3) is 0 Å². The Bertz CT molecular complexity index is 404. The molecular formula is C7H7FO4S2. The third-order valence-electron chi connectivity index (χ3n) is 1.25. The lowest BCUT2D eigenvalue weighted by Gasteiger charge is -1.99. The molecule has 78 valence electrons. The monoisotopic (exact) mass is 238 g/mol. The van der Waals surface area contributed by atoms with Gasteiger partial charge in [-0.3, -0.25) is 4.55 Å². The minimum absolute atomic E-state index is 0.136. The molecule has 0 radical (unpaired) electrons. The lowest BCUT2D eigenvalue weighted by Crippen LogP contribution is -1.97. The van der Waals surface area contributed by atoms with E-state index in [1.165, 1.54) is 18.2 Å². The third kappa shape index (κ3) is 4.56. The van der Waals surface area contributed by atoms with Crippen molar-refractivity contribution in [3.8, 4) is 0 Å². The molecule has 1 aromatic carbocycles. The van der Waals surface area contributed by atoms with Gasteiger partial charge in [-0.1, -0.05) is 12.1 Å². The minimum Gasteiger partial charge on any atom is -0.263 e. The number of rotatable bonds is 4. The Morgan fingerprint density at radius 3 is 2.79 bits per heavy atom. The van der Waals surface area contributed by atoms with Crippen molar-refractivity contribution >= 4 is 22.4 Å². The van der Waals surface area contributed by atoms with Gasteiger partial charge < -0.3 is 0 Å². The molecule has 0 heterocycles. The normalized spacial score (nSPS) is 11.6. The van der Waals surface area contributed by atoms with Crippen molar-refractivity contribution in [2.45, 2.75) is 5.75 Å². The Balaban J connectivity index is 2.47. The number of hydrogen-bond acceptors (Lipinski definition) is 4. The van der Waals surface area contributed by atoms with Crippen LogP contribution in [-0.2, 0) is 19.8 Å². The Hall–Kier alpha value is -0.630. The molecule has 0 unspecified atom stereocenters. The number of halogens is 1. The summed E-state index contributed by atoms with van der Waals surface area (Å²) < 4.78 is 45.1. The van der Waals surface area contributed by atoms with E-state index in [0.29, 0.717) is 17.6 Å². The molecule has 0 bridgehead atoms. The summed E-state index contributed by atoms with van der Waals surface area (Å²) in [6.45, 7) is 0. The molecule has 0 aliphatic carbocycles. The summed E-state index contributed by atoms with van der Waals surface area (Å²) in [5, 5.41) is 0. The second-order valence-corrected chi connectivity index (χ2v) is 4.31. The maximum atomic E-state index is 12.6. The minimum atomic E-state index is -4.44. The van der Waals surface area contributed by atoms with Crippen LogP contribution in [0.2, 0.25) is 0 Å². The van der Waals surface area contributed by atoms with Crippen LogP contribution in [-0.4, -0.2) is 13.0 Å². The molecule has 0 atom stereocenters. The SMILES string of the molecule is O=S(=O)(O)OSCc1cccc(F)c1. The van der Waals surface area contributed by atoms with Crippen LogP contribution in [0.1, 0.15) is 5.56 Å². The van der Waals surface area contributed by atoms with Crippen molar-refractivity contribution < 1.29 is 21.0 Å².